The van der Waals surface area contributed by atoms with E-state index in [1.54, 1.807) is 0 Å². The number of benzene rings is 1. The quantitative estimate of drug-likeness (QED) is 0.865. The summed E-state index contributed by atoms with van der Waals surface area (Å²) in [6.07, 6.45) is 3.69. The van der Waals surface area contributed by atoms with Gasteiger partial charge in [-0.3, -0.25) is 4.79 Å². The summed E-state index contributed by atoms with van der Waals surface area (Å²) in [6.45, 7) is 0.613. The first-order valence-electron chi connectivity index (χ1n) is 6.17. The topological polar surface area (TPSA) is 72.1 Å². The molecule has 1 heterocycles. The van der Waals surface area contributed by atoms with E-state index in [0.29, 0.717) is 17.5 Å². The first kappa shape index (κ1) is 12.1. The van der Waals surface area contributed by atoms with Crippen LogP contribution in [0.25, 0.3) is 0 Å². The van der Waals surface area contributed by atoms with Gasteiger partial charge in [0.15, 0.2) is 0 Å². The van der Waals surface area contributed by atoms with Crippen molar-refractivity contribution in [2.45, 2.75) is 25.4 Å². The number of anilines is 1. The van der Waals surface area contributed by atoms with Gasteiger partial charge in [-0.2, -0.15) is 0 Å². The normalized spacial score (nSPS) is 14.3. The number of nitrogens with two attached hydrogens (primary N) is 1. The fraction of sp³-hybridized carbons (Fsp3) is 0.308. The van der Waals surface area contributed by atoms with Gasteiger partial charge in [-0.15, -0.1) is 5.10 Å². The molecule has 3 rings (SSSR count). The van der Waals surface area contributed by atoms with E-state index in [4.69, 9.17) is 5.73 Å². The molecule has 0 bridgehead atoms. The molecule has 1 saturated carbocycles. The number of rotatable bonds is 4. The largest absolute Gasteiger partial charge is 0.399 e. The molecule has 1 fully saturated rings. The number of aromatic nitrogens is 2. The van der Waals surface area contributed by atoms with Gasteiger partial charge in [0.1, 0.15) is 4.88 Å². The van der Waals surface area contributed by atoms with Crippen LogP contribution >= 0.6 is 11.5 Å². The number of amides is 1. The second-order valence-corrected chi connectivity index (χ2v) is 5.47. The summed E-state index contributed by atoms with van der Waals surface area (Å²) in [5, 5.41) is 3.73. The fourth-order valence-electron chi connectivity index (χ4n) is 1.98. The van der Waals surface area contributed by atoms with E-state index in [1.807, 2.05) is 29.2 Å². The Hall–Kier alpha value is -1.95. The average molecular weight is 274 g/mol. The Kier molecular flexibility index (Phi) is 3.16. The molecule has 0 spiro atoms. The van der Waals surface area contributed by atoms with Gasteiger partial charge in [-0.25, -0.2) is 0 Å². The van der Waals surface area contributed by atoms with Gasteiger partial charge < -0.3 is 10.6 Å². The highest BCUT2D eigenvalue weighted by Gasteiger charge is 2.33. The van der Waals surface area contributed by atoms with Gasteiger partial charge >= 0.3 is 0 Å². The lowest BCUT2D eigenvalue weighted by molar-refractivity contribution is 0.0734. The second kappa shape index (κ2) is 4.97. The fourth-order valence-corrected chi connectivity index (χ4v) is 2.45. The maximum absolute atomic E-state index is 12.4. The SMILES string of the molecule is Nc1ccc(CN(C(=O)c2cnns2)C2CC2)cc1. The number of nitrogens with zero attached hydrogens (tertiary/aromatic N) is 3. The van der Waals surface area contributed by atoms with Crippen molar-refractivity contribution in [3.8, 4) is 0 Å². The predicted octanol–water partition coefficient (Wildman–Crippen LogP) is 1.93. The van der Waals surface area contributed by atoms with E-state index in [1.165, 1.54) is 6.20 Å². The summed E-state index contributed by atoms with van der Waals surface area (Å²) < 4.78 is 3.75. The zero-order chi connectivity index (χ0) is 13.2. The first-order valence-corrected chi connectivity index (χ1v) is 6.94. The molecule has 2 aromatic rings. The van der Waals surface area contributed by atoms with Crippen LogP contribution in [0.3, 0.4) is 0 Å². The van der Waals surface area contributed by atoms with Crippen LogP contribution in [0.1, 0.15) is 28.1 Å². The van der Waals surface area contributed by atoms with E-state index >= 15 is 0 Å². The van der Waals surface area contributed by atoms with Crippen molar-refractivity contribution in [3.63, 3.8) is 0 Å². The molecular formula is C13H14N4OS. The molecule has 1 aliphatic rings. The molecule has 5 nitrogen and oxygen atoms in total. The Balaban J connectivity index is 1.78. The van der Waals surface area contributed by atoms with Crippen LogP contribution in [0.15, 0.2) is 30.5 Å². The van der Waals surface area contributed by atoms with Gasteiger partial charge in [-0.1, -0.05) is 16.6 Å². The molecule has 0 radical (unpaired) electrons. The Labute approximate surface area is 115 Å². The van der Waals surface area contributed by atoms with Gasteiger partial charge in [0.2, 0.25) is 0 Å². The summed E-state index contributed by atoms with van der Waals surface area (Å²) >= 11 is 1.15. The predicted molar refractivity (Wildman–Crippen MR) is 73.7 cm³/mol. The number of nitrogen functional groups attached to an aromatic ring is 1. The minimum atomic E-state index is 0.0225. The van der Waals surface area contributed by atoms with Crippen molar-refractivity contribution in [2.75, 3.05) is 5.73 Å². The molecule has 0 saturated heterocycles. The molecule has 1 aromatic carbocycles. The first-order chi connectivity index (χ1) is 9.24. The molecule has 6 heteroatoms. The highest BCUT2D eigenvalue weighted by atomic mass is 32.1. The van der Waals surface area contributed by atoms with Crippen molar-refractivity contribution in [3.05, 3.63) is 40.9 Å². The van der Waals surface area contributed by atoms with Crippen LogP contribution in [0.2, 0.25) is 0 Å². The van der Waals surface area contributed by atoms with Gasteiger partial charge in [0, 0.05) is 18.3 Å². The van der Waals surface area contributed by atoms with Crippen molar-refractivity contribution in [1.82, 2.24) is 14.5 Å². The number of carbonyl (C=O) groups excluding carboxylic acids is 1. The average Bonchev–Trinajstić information content (AvgIpc) is 3.11. The van der Waals surface area contributed by atoms with Crippen molar-refractivity contribution in [1.29, 1.82) is 0 Å². The van der Waals surface area contributed by atoms with E-state index in [-0.39, 0.29) is 5.91 Å². The molecule has 0 atom stereocenters. The number of hydrogen-bond donors (Lipinski definition) is 1. The number of carbonyl (C=O) groups is 1. The number of hydrogen-bond acceptors (Lipinski definition) is 5. The minimum Gasteiger partial charge on any atom is -0.399 e. The van der Waals surface area contributed by atoms with E-state index in [9.17, 15) is 4.79 Å². The summed E-state index contributed by atoms with van der Waals surface area (Å²) in [5.74, 6) is 0.0225. The van der Waals surface area contributed by atoms with Gasteiger partial charge in [0.25, 0.3) is 5.91 Å². The molecule has 19 heavy (non-hydrogen) atoms. The van der Waals surface area contributed by atoms with Crippen molar-refractivity contribution >= 4 is 23.1 Å². The third-order valence-corrected chi connectivity index (χ3v) is 3.81. The Bertz CT molecular complexity index is 563. The Morgan fingerprint density at radius 1 is 1.37 bits per heavy atom. The molecule has 0 unspecified atom stereocenters. The molecular weight excluding hydrogens is 260 g/mol. The van der Waals surface area contributed by atoms with Gasteiger partial charge in [-0.05, 0) is 42.1 Å². The lowest BCUT2D eigenvalue weighted by atomic mass is 10.2. The van der Waals surface area contributed by atoms with Crippen LogP contribution in [0.4, 0.5) is 5.69 Å². The van der Waals surface area contributed by atoms with Crippen molar-refractivity contribution < 1.29 is 4.79 Å². The van der Waals surface area contributed by atoms with E-state index in [0.717, 1.165) is 35.6 Å². The standard InChI is InChI=1S/C13H14N4OS/c14-10-3-1-9(2-4-10)8-17(11-5-6-11)13(18)12-7-15-16-19-12/h1-4,7,11H,5-6,8,14H2. The van der Waals surface area contributed by atoms with Crippen LogP contribution in [0.5, 0.6) is 0 Å². The van der Waals surface area contributed by atoms with E-state index in [2.05, 4.69) is 9.59 Å². The Morgan fingerprint density at radius 2 is 2.11 bits per heavy atom. The smallest absolute Gasteiger partial charge is 0.267 e. The van der Waals surface area contributed by atoms with Crippen LogP contribution in [0, 0.1) is 0 Å². The maximum atomic E-state index is 12.4. The zero-order valence-corrected chi connectivity index (χ0v) is 11.1. The Morgan fingerprint density at radius 3 is 2.68 bits per heavy atom. The molecule has 1 aromatic heterocycles. The lowest BCUT2D eigenvalue weighted by Crippen LogP contribution is -2.32. The van der Waals surface area contributed by atoms with Crippen molar-refractivity contribution in [2.24, 2.45) is 0 Å². The third kappa shape index (κ3) is 2.73. The molecule has 98 valence electrons. The summed E-state index contributed by atoms with van der Waals surface area (Å²) in [6, 6.07) is 8.00. The third-order valence-electron chi connectivity index (χ3n) is 3.15. The monoisotopic (exact) mass is 274 g/mol. The molecule has 0 aliphatic heterocycles. The second-order valence-electron chi connectivity index (χ2n) is 4.69. The summed E-state index contributed by atoms with van der Waals surface area (Å²) in [5.41, 5.74) is 7.50. The van der Waals surface area contributed by atoms with Crippen LogP contribution in [-0.2, 0) is 6.54 Å². The lowest BCUT2D eigenvalue weighted by Gasteiger charge is -2.21. The summed E-state index contributed by atoms with van der Waals surface area (Å²) in [4.78, 5) is 14.9. The summed E-state index contributed by atoms with van der Waals surface area (Å²) in [7, 11) is 0. The van der Waals surface area contributed by atoms with Crippen LogP contribution in [-0.4, -0.2) is 26.4 Å². The molecule has 1 aliphatic carbocycles. The highest BCUT2D eigenvalue weighted by molar-refractivity contribution is 7.07. The maximum Gasteiger partial charge on any atom is 0.267 e. The zero-order valence-electron chi connectivity index (χ0n) is 10.3. The van der Waals surface area contributed by atoms with Crippen LogP contribution < -0.4 is 5.73 Å². The molecule has 2 N–H and O–H groups in total. The van der Waals surface area contributed by atoms with Gasteiger partial charge in [0.05, 0.1) is 6.20 Å². The molecule has 1 amide bonds. The minimum absolute atomic E-state index is 0.0225. The van der Waals surface area contributed by atoms with E-state index < -0.39 is 0 Å². The highest BCUT2D eigenvalue weighted by Crippen LogP contribution is 2.30.